The smallest absolute Gasteiger partial charge is 0.0295 e. The van der Waals surface area contributed by atoms with E-state index in [1.807, 2.05) is 0 Å². The van der Waals surface area contributed by atoms with Crippen LogP contribution in [0.1, 0.15) is 33.1 Å². The highest BCUT2D eigenvalue weighted by atomic mass is 15.5. The Bertz CT molecular complexity index is 213. The van der Waals surface area contributed by atoms with Gasteiger partial charge in [-0.3, -0.25) is 10.4 Å². The number of nitrogens with one attached hydrogen (secondary N) is 1. The second-order valence-corrected chi connectivity index (χ2v) is 6.05. The molecular weight excluding hydrogens is 198 g/mol. The van der Waals surface area contributed by atoms with Crippen molar-refractivity contribution in [1.82, 2.24) is 15.3 Å². The van der Waals surface area contributed by atoms with Crippen molar-refractivity contribution in [3.8, 4) is 0 Å². The standard InChI is InChI=1S/C13H27N3/c1-10(2)16-8-11-6-5-7-12(9-16)13(11)14-15(3)4/h10-14H,5-9H2,1-4H3. The first-order chi connectivity index (χ1) is 7.58. The number of likely N-dealkylation sites (tertiary alicyclic amines) is 1. The highest BCUT2D eigenvalue weighted by Gasteiger charge is 2.39. The SMILES string of the molecule is CC(C)N1CC2CCCC(C1)C2NN(C)C. The van der Waals surface area contributed by atoms with E-state index < -0.39 is 0 Å². The van der Waals surface area contributed by atoms with E-state index in [0.717, 1.165) is 17.9 Å². The Morgan fingerprint density at radius 3 is 2.12 bits per heavy atom. The summed E-state index contributed by atoms with van der Waals surface area (Å²) in [7, 11) is 4.23. The fraction of sp³-hybridized carbons (Fsp3) is 1.00. The van der Waals surface area contributed by atoms with Crippen LogP contribution in [0.4, 0.5) is 0 Å². The van der Waals surface area contributed by atoms with Crippen molar-refractivity contribution in [2.24, 2.45) is 11.8 Å². The molecule has 1 heterocycles. The third kappa shape index (κ3) is 2.58. The van der Waals surface area contributed by atoms with Gasteiger partial charge < -0.3 is 4.90 Å². The molecule has 3 nitrogen and oxygen atoms in total. The van der Waals surface area contributed by atoms with Crippen molar-refractivity contribution in [2.75, 3.05) is 27.2 Å². The molecule has 16 heavy (non-hydrogen) atoms. The molecule has 0 aromatic carbocycles. The third-order valence-electron chi connectivity index (χ3n) is 4.24. The molecule has 0 aromatic rings. The lowest BCUT2D eigenvalue weighted by molar-refractivity contribution is 0.00409. The Labute approximate surface area is 100 Å². The van der Waals surface area contributed by atoms with Crippen LogP contribution < -0.4 is 5.43 Å². The fourth-order valence-corrected chi connectivity index (χ4v) is 3.40. The Balaban J connectivity index is 2.02. The van der Waals surface area contributed by atoms with Crippen LogP contribution in [0.15, 0.2) is 0 Å². The van der Waals surface area contributed by atoms with Gasteiger partial charge in [-0.05, 0) is 38.5 Å². The summed E-state index contributed by atoms with van der Waals surface area (Å²) >= 11 is 0. The molecule has 0 aromatic heterocycles. The lowest BCUT2D eigenvalue weighted by Crippen LogP contribution is -2.60. The first-order valence-electron chi connectivity index (χ1n) is 6.75. The largest absolute Gasteiger partial charge is 0.300 e. The van der Waals surface area contributed by atoms with Gasteiger partial charge in [-0.25, -0.2) is 0 Å². The Hall–Kier alpha value is -0.120. The zero-order valence-corrected chi connectivity index (χ0v) is 11.2. The van der Waals surface area contributed by atoms with E-state index in [-0.39, 0.29) is 0 Å². The molecule has 1 saturated carbocycles. The lowest BCUT2D eigenvalue weighted by Gasteiger charge is -2.49. The van der Waals surface area contributed by atoms with Crippen molar-refractivity contribution in [2.45, 2.75) is 45.2 Å². The summed E-state index contributed by atoms with van der Waals surface area (Å²) in [6.07, 6.45) is 4.25. The van der Waals surface area contributed by atoms with Gasteiger partial charge in [0.2, 0.25) is 0 Å². The molecule has 94 valence electrons. The van der Waals surface area contributed by atoms with Crippen molar-refractivity contribution < 1.29 is 0 Å². The van der Waals surface area contributed by atoms with Gasteiger partial charge >= 0.3 is 0 Å². The number of hydrogen-bond acceptors (Lipinski definition) is 3. The van der Waals surface area contributed by atoms with Crippen LogP contribution in [0.5, 0.6) is 0 Å². The molecule has 1 N–H and O–H groups in total. The maximum absolute atomic E-state index is 3.65. The van der Waals surface area contributed by atoms with Crippen molar-refractivity contribution in [3.63, 3.8) is 0 Å². The molecule has 2 aliphatic rings. The van der Waals surface area contributed by atoms with Crippen LogP contribution in [0.25, 0.3) is 0 Å². The second kappa shape index (κ2) is 5.03. The monoisotopic (exact) mass is 225 g/mol. The Morgan fingerprint density at radius 2 is 1.69 bits per heavy atom. The number of hydrazine groups is 1. The third-order valence-corrected chi connectivity index (χ3v) is 4.24. The average Bonchev–Trinajstić information content (AvgIpc) is 2.15. The van der Waals surface area contributed by atoms with Crippen molar-refractivity contribution in [3.05, 3.63) is 0 Å². The minimum absolute atomic E-state index is 0.711. The molecular formula is C13H27N3. The van der Waals surface area contributed by atoms with Crippen molar-refractivity contribution >= 4 is 0 Å². The molecule has 1 saturated heterocycles. The quantitative estimate of drug-likeness (QED) is 0.735. The Kier molecular flexibility index (Phi) is 3.88. The molecule has 2 atom stereocenters. The topological polar surface area (TPSA) is 18.5 Å². The summed E-state index contributed by atoms with van der Waals surface area (Å²) < 4.78 is 0. The minimum atomic E-state index is 0.711. The molecule has 2 unspecified atom stereocenters. The van der Waals surface area contributed by atoms with E-state index in [0.29, 0.717) is 6.04 Å². The van der Waals surface area contributed by atoms with Gasteiger partial charge in [-0.2, -0.15) is 0 Å². The van der Waals surface area contributed by atoms with Gasteiger partial charge in [0.25, 0.3) is 0 Å². The van der Waals surface area contributed by atoms with Crippen LogP contribution >= 0.6 is 0 Å². The zero-order valence-electron chi connectivity index (χ0n) is 11.2. The molecule has 3 heteroatoms. The van der Waals surface area contributed by atoms with Crippen LogP contribution in [-0.4, -0.2) is 49.2 Å². The van der Waals surface area contributed by atoms with E-state index >= 15 is 0 Å². The highest BCUT2D eigenvalue weighted by molar-refractivity contribution is 4.94. The van der Waals surface area contributed by atoms with Crippen LogP contribution in [0, 0.1) is 11.8 Å². The van der Waals surface area contributed by atoms with E-state index in [1.165, 1.54) is 32.4 Å². The molecule has 1 aliphatic carbocycles. The summed E-state index contributed by atoms with van der Waals surface area (Å²) in [4.78, 5) is 2.67. The number of fused-ring (bicyclic) bond motifs is 2. The normalized spacial score (nSPS) is 36.0. The fourth-order valence-electron chi connectivity index (χ4n) is 3.40. The molecule has 1 aliphatic heterocycles. The number of hydrogen-bond donors (Lipinski definition) is 1. The van der Waals surface area contributed by atoms with Gasteiger partial charge in [0, 0.05) is 39.3 Å². The van der Waals surface area contributed by atoms with E-state index in [1.54, 1.807) is 0 Å². The number of piperidine rings is 1. The number of rotatable bonds is 3. The minimum Gasteiger partial charge on any atom is -0.300 e. The van der Waals surface area contributed by atoms with Crippen LogP contribution in [-0.2, 0) is 0 Å². The first-order valence-corrected chi connectivity index (χ1v) is 6.75. The summed E-state index contributed by atoms with van der Waals surface area (Å²) in [5.41, 5.74) is 3.65. The van der Waals surface area contributed by atoms with E-state index in [4.69, 9.17) is 0 Å². The predicted octanol–water partition coefficient (Wildman–Crippen LogP) is 1.56. The van der Waals surface area contributed by atoms with Gasteiger partial charge in [-0.15, -0.1) is 0 Å². The van der Waals surface area contributed by atoms with Gasteiger partial charge in [0.05, 0.1) is 0 Å². The first kappa shape index (κ1) is 12.3. The van der Waals surface area contributed by atoms with E-state index in [9.17, 15) is 0 Å². The maximum atomic E-state index is 3.65. The summed E-state index contributed by atoms with van der Waals surface area (Å²) in [6, 6.07) is 1.43. The Morgan fingerprint density at radius 1 is 1.12 bits per heavy atom. The van der Waals surface area contributed by atoms with Gasteiger partial charge in [0.15, 0.2) is 0 Å². The molecule has 0 amide bonds. The van der Waals surface area contributed by atoms with E-state index in [2.05, 4.69) is 43.3 Å². The molecule has 0 radical (unpaired) electrons. The molecule has 2 fully saturated rings. The maximum Gasteiger partial charge on any atom is 0.0295 e. The highest BCUT2D eigenvalue weighted by Crippen LogP contribution is 2.35. The average molecular weight is 225 g/mol. The zero-order chi connectivity index (χ0) is 11.7. The van der Waals surface area contributed by atoms with Crippen LogP contribution in [0.2, 0.25) is 0 Å². The molecule has 2 bridgehead atoms. The summed E-state index contributed by atoms with van der Waals surface area (Å²) in [6.45, 7) is 7.24. The molecule has 2 rings (SSSR count). The number of nitrogens with zero attached hydrogens (tertiary/aromatic N) is 2. The molecule has 0 spiro atoms. The van der Waals surface area contributed by atoms with Crippen molar-refractivity contribution in [1.29, 1.82) is 0 Å². The van der Waals surface area contributed by atoms with Gasteiger partial charge in [0.1, 0.15) is 0 Å². The predicted molar refractivity (Wildman–Crippen MR) is 68.2 cm³/mol. The summed E-state index contributed by atoms with van der Waals surface area (Å²) in [5, 5.41) is 2.14. The second-order valence-electron chi connectivity index (χ2n) is 6.05. The van der Waals surface area contributed by atoms with Crippen LogP contribution in [0.3, 0.4) is 0 Å². The van der Waals surface area contributed by atoms with Gasteiger partial charge in [-0.1, -0.05) is 6.42 Å². The summed E-state index contributed by atoms with van der Waals surface area (Å²) in [5.74, 6) is 1.72. The lowest BCUT2D eigenvalue weighted by atomic mass is 9.73.